The van der Waals surface area contributed by atoms with Crippen LogP contribution in [0.25, 0.3) is 10.8 Å². The molecule has 0 aliphatic heterocycles. The van der Waals surface area contributed by atoms with E-state index >= 15 is 0 Å². The van der Waals surface area contributed by atoms with Crippen molar-refractivity contribution in [1.29, 1.82) is 0 Å². The van der Waals surface area contributed by atoms with Crippen LogP contribution in [0.3, 0.4) is 0 Å². The number of rotatable bonds is 7. The number of hydrogen-bond donors (Lipinski definition) is 0. The van der Waals surface area contributed by atoms with E-state index in [1.54, 1.807) is 6.08 Å². The zero-order chi connectivity index (χ0) is 16.8. The Kier molecular flexibility index (Phi) is 5.74. The van der Waals surface area contributed by atoms with Crippen molar-refractivity contribution in [3.05, 3.63) is 67.3 Å². The van der Waals surface area contributed by atoms with Crippen molar-refractivity contribution in [2.75, 3.05) is 6.61 Å². The molecule has 126 valence electrons. The average molecular weight is 320 g/mol. The molecule has 0 N–H and O–H groups in total. The van der Waals surface area contributed by atoms with Gasteiger partial charge in [0.05, 0.1) is 0 Å². The second-order valence-electron chi connectivity index (χ2n) is 6.95. The highest BCUT2D eigenvalue weighted by Gasteiger charge is 2.22. The molecule has 0 amide bonds. The van der Waals surface area contributed by atoms with Crippen LogP contribution in [0.1, 0.15) is 50.0 Å². The Hall–Kier alpha value is -2.02. The standard InChI is InChI=1S/C23H28O/c1-3-5-6-18-7-9-19(10-8-18)20-11-12-22-17-23(24-15-4-2)14-13-21(22)16-20/h3-4,11-14,16-19H,1-2,5-10,15H2. The predicted octanol–water partition coefficient (Wildman–Crippen LogP) is 6.64. The van der Waals surface area contributed by atoms with Gasteiger partial charge in [-0.25, -0.2) is 0 Å². The maximum atomic E-state index is 5.63. The van der Waals surface area contributed by atoms with Crippen LogP contribution >= 0.6 is 0 Å². The van der Waals surface area contributed by atoms with Crippen molar-refractivity contribution in [3.63, 3.8) is 0 Å². The molecule has 0 aromatic heterocycles. The van der Waals surface area contributed by atoms with Gasteiger partial charge in [0.2, 0.25) is 0 Å². The zero-order valence-electron chi connectivity index (χ0n) is 14.5. The topological polar surface area (TPSA) is 9.23 Å². The molecule has 2 aromatic carbocycles. The molecule has 3 rings (SSSR count). The van der Waals surface area contributed by atoms with E-state index in [0.717, 1.165) is 17.6 Å². The van der Waals surface area contributed by atoms with Crippen LogP contribution in [0.2, 0.25) is 0 Å². The monoisotopic (exact) mass is 320 g/mol. The van der Waals surface area contributed by atoms with Crippen molar-refractivity contribution in [2.24, 2.45) is 5.92 Å². The molecular weight excluding hydrogens is 292 g/mol. The molecular formula is C23H28O. The molecule has 0 spiro atoms. The highest BCUT2D eigenvalue weighted by Crippen LogP contribution is 2.38. The third kappa shape index (κ3) is 4.08. The van der Waals surface area contributed by atoms with Gasteiger partial charge in [0, 0.05) is 0 Å². The first-order chi connectivity index (χ1) is 11.8. The van der Waals surface area contributed by atoms with Gasteiger partial charge in [0.15, 0.2) is 0 Å². The lowest BCUT2D eigenvalue weighted by Crippen LogP contribution is -2.13. The van der Waals surface area contributed by atoms with Gasteiger partial charge in [0.25, 0.3) is 0 Å². The highest BCUT2D eigenvalue weighted by molar-refractivity contribution is 5.84. The lowest BCUT2D eigenvalue weighted by Gasteiger charge is -2.28. The molecule has 0 heterocycles. The third-order valence-electron chi connectivity index (χ3n) is 5.30. The largest absolute Gasteiger partial charge is 0.490 e. The molecule has 1 heteroatoms. The molecule has 0 bridgehead atoms. The summed E-state index contributed by atoms with van der Waals surface area (Å²) in [6.07, 6.45) is 11.7. The predicted molar refractivity (Wildman–Crippen MR) is 104 cm³/mol. The second kappa shape index (κ2) is 8.19. The molecule has 0 unspecified atom stereocenters. The van der Waals surface area contributed by atoms with E-state index in [-0.39, 0.29) is 0 Å². The fraction of sp³-hybridized carbons (Fsp3) is 0.391. The van der Waals surface area contributed by atoms with Crippen LogP contribution in [0.4, 0.5) is 0 Å². The van der Waals surface area contributed by atoms with Crippen molar-refractivity contribution in [1.82, 2.24) is 0 Å². The molecule has 1 aliphatic carbocycles. The number of allylic oxidation sites excluding steroid dienone is 1. The smallest absolute Gasteiger partial charge is 0.120 e. The minimum Gasteiger partial charge on any atom is -0.490 e. The summed E-state index contributed by atoms with van der Waals surface area (Å²) in [6.45, 7) is 8.09. The quantitative estimate of drug-likeness (QED) is 0.519. The number of fused-ring (bicyclic) bond motifs is 1. The molecule has 0 atom stereocenters. The Bertz CT molecular complexity index is 692. The highest BCUT2D eigenvalue weighted by atomic mass is 16.5. The van der Waals surface area contributed by atoms with Crippen molar-refractivity contribution >= 4 is 10.8 Å². The van der Waals surface area contributed by atoms with E-state index in [1.807, 2.05) is 0 Å². The number of benzene rings is 2. The van der Waals surface area contributed by atoms with Gasteiger partial charge in [-0.15, -0.1) is 6.58 Å². The SMILES string of the molecule is C=CCCC1CCC(c2ccc3cc(OCC=C)ccc3c2)CC1. The Morgan fingerprint density at radius 1 is 0.917 bits per heavy atom. The first kappa shape index (κ1) is 16.8. The fourth-order valence-corrected chi connectivity index (χ4v) is 3.88. The summed E-state index contributed by atoms with van der Waals surface area (Å²) in [5.41, 5.74) is 1.50. The molecule has 1 nitrogen and oxygen atoms in total. The third-order valence-corrected chi connectivity index (χ3v) is 5.30. The van der Waals surface area contributed by atoms with Gasteiger partial charge < -0.3 is 4.74 Å². The zero-order valence-corrected chi connectivity index (χ0v) is 14.5. The molecule has 1 saturated carbocycles. The van der Waals surface area contributed by atoms with E-state index in [1.165, 1.54) is 54.9 Å². The Morgan fingerprint density at radius 2 is 1.67 bits per heavy atom. The molecule has 1 aliphatic rings. The Balaban J connectivity index is 1.67. The molecule has 1 fully saturated rings. The molecule has 0 radical (unpaired) electrons. The summed E-state index contributed by atoms with van der Waals surface area (Å²) in [5.74, 6) is 2.55. The van der Waals surface area contributed by atoms with Crippen LogP contribution in [-0.4, -0.2) is 6.61 Å². The minimum absolute atomic E-state index is 0.554. The van der Waals surface area contributed by atoms with E-state index in [0.29, 0.717) is 6.61 Å². The first-order valence-corrected chi connectivity index (χ1v) is 9.18. The van der Waals surface area contributed by atoms with Gasteiger partial charge in [-0.05, 0) is 78.8 Å². The summed E-state index contributed by atoms with van der Waals surface area (Å²) in [4.78, 5) is 0. The lowest BCUT2D eigenvalue weighted by atomic mass is 9.77. The maximum Gasteiger partial charge on any atom is 0.120 e. The average Bonchev–Trinajstić information content (AvgIpc) is 2.64. The van der Waals surface area contributed by atoms with Crippen molar-refractivity contribution in [2.45, 2.75) is 44.4 Å². The van der Waals surface area contributed by atoms with Crippen LogP contribution in [0, 0.1) is 5.92 Å². The Labute approximate surface area is 146 Å². The van der Waals surface area contributed by atoms with Crippen molar-refractivity contribution in [3.8, 4) is 5.75 Å². The van der Waals surface area contributed by atoms with Gasteiger partial charge in [-0.2, -0.15) is 0 Å². The number of hydrogen-bond acceptors (Lipinski definition) is 1. The summed E-state index contributed by atoms with van der Waals surface area (Å²) >= 11 is 0. The molecule has 2 aromatic rings. The van der Waals surface area contributed by atoms with Crippen molar-refractivity contribution < 1.29 is 4.74 Å². The van der Waals surface area contributed by atoms with E-state index in [9.17, 15) is 0 Å². The van der Waals surface area contributed by atoms with Crippen LogP contribution < -0.4 is 4.74 Å². The lowest BCUT2D eigenvalue weighted by molar-refractivity contribution is 0.312. The van der Waals surface area contributed by atoms with Gasteiger partial charge in [-0.3, -0.25) is 0 Å². The van der Waals surface area contributed by atoms with Crippen LogP contribution in [0.15, 0.2) is 61.7 Å². The summed E-state index contributed by atoms with van der Waals surface area (Å²) < 4.78 is 5.63. The van der Waals surface area contributed by atoms with Crippen LogP contribution in [0.5, 0.6) is 5.75 Å². The van der Waals surface area contributed by atoms with Gasteiger partial charge in [-0.1, -0.05) is 43.0 Å². The van der Waals surface area contributed by atoms with Gasteiger partial charge >= 0.3 is 0 Å². The maximum absolute atomic E-state index is 5.63. The first-order valence-electron chi connectivity index (χ1n) is 9.18. The molecule has 24 heavy (non-hydrogen) atoms. The van der Waals surface area contributed by atoms with E-state index in [4.69, 9.17) is 4.74 Å². The Morgan fingerprint density at radius 3 is 2.42 bits per heavy atom. The fourth-order valence-electron chi connectivity index (χ4n) is 3.88. The molecule has 0 saturated heterocycles. The van der Waals surface area contributed by atoms with Gasteiger partial charge in [0.1, 0.15) is 12.4 Å². The number of ether oxygens (including phenoxy) is 1. The summed E-state index contributed by atoms with van der Waals surface area (Å²) in [6, 6.07) is 13.3. The summed E-state index contributed by atoms with van der Waals surface area (Å²) in [7, 11) is 0. The summed E-state index contributed by atoms with van der Waals surface area (Å²) in [5, 5.41) is 2.56. The normalized spacial score (nSPS) is 20.7. The second-order valence-corrected chi connectivity index (χ2v) is 6.95. The van der Waals surface area contributed by atoms with E-state index < -0.39 is 0 Å². The van der Waals surface area contributed by atoms with Crippen LogP contribution in [-0.2, 0) is 0 Å². The minimum atomic E-state index is 0.554. The van der Waals surface area contributed by atoms with E-state index in [2.05, 4.69) is 55.6 Å².